The Morgan fingerprint density at radius 2 is 1.90 bits per heavy atom. The van der Waals surface area contributed by atoms with Gasteiger partial charge in [0, 0.05) is 18.5 Å². The van der Waals surface area contributed by atoms with Crippen LogP contribution in [0.1, 0.15) is 19.2 Å². The van der Waals surface area contributed by atoms with Crippen molar-refractivity contribution in [1.82, 2.24) is 9.55 Å². The molecule has 3 rings (SSSR count). The number of hydrogen-bond acceptors (Lipinski definition) is 2. The van der Waals surface area contributed by atoms with E-state index in [4.69, 9.17) is 5.73 Å². The summed E-state index contributed by atoms with van der Waals surface area (Å²) in [6, 6.07) is 1.85. The number of rotatable bonds is 1. The topological polar surface area (TPSA) is 43.8 Å². The molecule has 6 heteroatoms. The van der Waals surface area contributed by atoms with E-state index in [0.717, 1.165) is 37.3 Å². The number of aromatic nitrogens is 2. The quantitative estimate of drug-likeness (QED) is 0.816. The van der Waals surface area contributed by atoms with Gasteiger partial charge in [-0.1, -0.05) is 6.92 Å². The van der Waals surface area contributed by atoms with Crippen LogP contribution in [-0.4, -0.2) is 9.55 Å². The van der Waals surface area contributed by atoms with Gasteiger partial charge in [0.25, 0.3) is 0 Å². The van der Waals surface area contributed by atoms with Gasteiger partial charge in [0.05, 0.1) is 0 Å². The number of imidazole rings is 1. The summed E-state index contributed by atoms with van der Waals surface area (Å²) >= 11 is 0. The molecule has 1 aromatic carbocycles. The first kappa shape index (κ1) is 13.0. The lowest BCUT2D eigenvalue weighted by Gasteiger charge is -2.20. The molecule has 0 aliphatic carbocycles. The van der Waals surface area contributed by atoms with Crippen LogP contribution in [0.2, 0.25) is 0 Å². The molecule has 1 atom stereocenters. The highest BCUT2D eigenvalue weighted by atomic mass is 19.2. The zero-order valence-corrected chi connectivity index (χ0v) is 11.0. The van der Waals surface area contributed by atoms with Gasteiger partial charge in [-0.2, -0.15) is 0 Å². The first-order valence-corrected chi connectivity index (χ1v) is 6.47. The summed E-state index contributed by atoms with van der Waals surface area (Å²) in [5.74, 6) is -2.28. The minimum atomic E-state index is -1.48. The highest BCUT2D eigenvalue weighted by Gasteiger charge is 2.23. The van der Waals surface area contributed by atoms with Crippen LogP contribution in [0.5, 0.6) is 0 Å². The smallest absolute Gasteiger partial charge is 0.194 e. The number of halogens is 3. The van der Waals surface area contributed by atoms with E-state index in [9.17, 15) is 13.2 Å². The van der Waals surface area contributed by atoms with Crippen LogP contribution >= 0.6 is 0 Å². The predicted octanol–water partition coefficient (Wildman–Crippen LogP) is 3.13. The van der Waals surface area contributed by atoms with E-state index < -0.39 is 17.5 Å². The fraction of sp³-hybridized carbons (Fsp3) is 0.357. The van der Waals surface area contributed by atoms with Crippen LogP contribution in [0, 0.1) is 23.4 Å². The maximum Gasteiger partial charge on any atom is 0.194 e. The van der Waals surface area contributed by atoms with Crippen LogP contribution in [-0.2, 0) is 13.0 Å². The van der Waals surface area contributed by atoms with Crippen molar-refractivity contribution in [2.45, 2.75) is 26.3 Å². The molecule has 0 radical (unpaired) electrons. The molecule has 0 saturated heterocycles. The number of hydrogen-bond donors (Lipinski definition) is 1. The number of anilines is 1. The molecule has 1 aliphatic rings. The first-order valence-electron chi connectivity index (χ1n) is 6.47. The van der Waals surface area contributed by atoms with Gasteiger partial charge in [-0.25, -0.2) is 18.2 Å². The molecule has 0 bridgehead atoms. The highest BCUT2D eigenvalue weighted by molar-refractivity contribution is 5.71. The van der Waals surface area contributed by atoms with Crippen LogP contribution < -0.4 is 5.73 Å². The van der Waals surface area contributed by atoms with Crippen molar-refractivity contribution < 1.29 is 13.2 Å². The van der Waals surface area contributed by atoms with E-state index in [2.05, 4.69) is 11.9 Å². The van der Waals surface area contributed by atoms with Gasteiger partial charge >= 0.3 is 0 Å². The fourth-order valence-electron chi connectivity index (χ4n) is 2.59. The molecule has 0 amide bonds. The van der Waals surface area contributed by atoms with Crippen molar-refractivity contribution in [3.63, 3.8) is 0 Å². The minimum absolute atomic E-state index is 0.161. The summed E-state index contributed by atoms with van der Waals surface area (Å²) in [7, 11) is 0. The van der Waals surface area contributed by atoms with Crippen molar-refractivity contribution in [3.8, 4) is 11.3 Å². The largest absolute Gasteiger partial charge is 0.383 e. The maximum atomic E-state index is 13.3. The Labute approximate surface area is 114 Å². The Kier molecular flexibility index (Phi) is 2.96. The molecule has 0 saturated carbocycles. The molecule has 20 heavy (non-hydrogen) atoms. The van der Waals surface area contributed by atoms with Crippen LogP contribution in [0.15, 0.2) is 12.1 Å². The Balaban J connectivity index is 2.12. The monoisotopic (exact) mass is 281 g/mol. The molecule has 0 spiro atoms. The maximum absolute atomic E-state index is 13.3. The molecule has 0 fully saturated rings. The number of fused-ring (bicyclic) bond motifs is 1. The molecular weight excluding hydrogens is 267 g/mol. The summed E-state index contributed by atoms with van der Waals surface area (Å²) in [5, 5.41) is 0. The number of benzene rings is 1. The van der Waals surface area contributed by atoms with Crippen molar-refractivity contribution in [1.29, 1.82) is 0 Å². The van der Waals surface area contributed by atoms with Gasteiger partial charge in [0.15, 0.2) is 17.5 Å². The Morgan fingerprint density at radius 1 is 1.25 bits per heavy atom. The summed E-state index contributed by atoms with van der Waals surface area (Å²) in [6.07, 6.45) is 1.76. The van der Waals surface area contributed by atoms with Crippen molar-refractivity contribution in [2.24, 2.45) is 5.92 Å². The van der Waals surface area contributed by atoms with Crippen molar-refractivity contribution >= 4 is 5.82 Å². The minimum Gasteiger partial charge on any atom is -0.383 e. The summed E-state index contributed by atoms with van der Waals surface area (Å²) in [6.45, 7) is 2.85. The Hall–Kier alpha value is -1.98. The van der Waals surface area contributed by atoms with Gasteiger partial charge in [0.2, 0.25) is 0 Å². The summed E-state index contributed by atoms with van der Waals surface area (Å²) < 4.78 is 41.5. The van der Waals surface area contributed by atoms with E-state index in [1.165, 1.54) is 0 Å². The second-order valence-corrected chi connectivity index (χ2v) is 5.27. The molecule has 1 aliphatic heterocycles. The van der Waals surface area contributed by atoms with E-state index in [-0.39, 0.29) is 5.56 Å². The average Bonchev–Trinajstić information content (AvgIpc) is 2.72. The lowest BCUT2D eigenvalue weighted by molar-refractivity contribution is 0.412. The second kappa shape index (κ2) is 4.54. The summed E-state index contributed by atoms with van der Waals surface area (Å²) in [4.78, 5) is 4.37. The second-order valence-electron chi connectivity index (χ2n) is 5.27. The van der Waals surface area contributed by atoms with Gasteiger partial charge < -0.3 is 10.3 Å². The van der Waals surface area contributed by atoms with Crippen molar-refractivity contribution in [2.75, 3.05) is 5.73 Å². The molecule has 106 valence electrons. The van der Waals surface area contributed by atoms with Gasteiger partial charge in [-0.05, 0) is 24.5 Å². The molecule has 2 N–H and O–H groups in total. The standard InChI is InChI=1S/C14H14F3N3/c1-7-2-3-20-11(4-7)19-13(14(20)18)8-5-9(15)12(17)10(16)6-8/h5-7H,2-4,18H2,1H3. The third kappa shape index (κ3) is 1.95. The highest BCUT2D eigenvalue weighted by Crippen LogP contribution is 2.32. The molecule has 2 heterocycles. The first-order chi connectivity index (χ1) is 9.47. The van der Waals surface area contributed by atoms with Crippen LogP contribution in [0.4, 0.5) is 19.0 Å². The molecular formula is C14H14F3N3. The summed E-state index contributed by atoms with van der Waals surface area (Å²) in [5.41, 5.74) is 6.47. The van der Waals surface area contributed by atoms with Gasteiger partial charge in [-0.15, -0.1) is 0 Å². The van der Waals surface area contributed by atoms with Crippen LogP contribution in [0.3, 0.4) is 0 Å². The molecule has 2 aromatic rings. The third-order valence-electron chi connectivity index (χ3n) is 3.72. The van der Waals surface area contributed by atoms with E-state index in [1.54, 1.807) is 0 Å². The molecule has 1 aromatic heterocycles. The predicted molar refractivity (Wildman–Crippen MR) is 69.4 cm³/mol. The Morgan fingerprint density at radius 3 is 2.55 bits per heavy atom. The van der Waals surface area contributed by atoms with Crippen LogP contribution in [0.25, 0.3) is 11.3 Å². The lowest BCUT2D eigenvalue weighted by atomic mass is 10.0. The number of nitrogens with two attached hydrogens (primary N) is 1. The number of nitrogen functional groups attached to an aromatic ring is 1. The molecule has 3 nitrogen and oxygen atoms in total. The molecule has 1 unspecified atom stereocenters. The number of nitrogens with zero attached hydrogens (tertiary/aromatic N) is 2. The van der Waals surface area contributed by atoms with E-state index in [0.29, 0.717) is 17.4 Å². The normalized spacial score (nSPS) is 18.1. The SMILES string of the molecule is CC1CCn2c(nc(-c3cc(F)c(F)c(F)c3)c2N)C1. The van der Waals surface area contributed by atoms with Crippen molar-refractivity contribution in [3.05, 3.63) is 35.4 Å². The third-order valence-corrected chi connectivity index (χ3v) is 3.72. The zero-order valence-electron chi connectivity index (χ0n) is 11.0. The van der Waals surface area contributed by atoms with Gasteiger partial charge in [0.1, 0.15) is 17.3 Å². The average molecular weight is 281 g/mol. The van der Waals surface area contributed by atoms with Gasteiger partial charge in [-0.3, -0.25) is 0 Å². The lowest BCUT2D eigenvalue weighted by Crippen LogP contribution is -2.18. The van der Waals surface area contributed by atoms with E-state index in [1.807, 2.05) is 4.57 Å². The fourth-order valence-corrected chi connectivity index (χ4v) is 2.59. The zero-order chi connectivity index (χ0) is 14.4. The Bertz CT molecular complexity index is 656. The van der Waals surface area contributed by atoms with E-state index >= 15 is 0 Å².